The highest BCUT2D eigenvalue weighted by Gasteiger charge is 2.11. The van der Waals surface area contributed by atoms with E-state index in [1.807, 2.05) is 24.3 Å². The SMILES string of the molecule is CCSc1ccc(C(=O)Nc2nc3ccc(OC)cc3s2)cn1. The molecule has 1 aromatic carbocycles. The quantitative estimate of drug-likeness (QED) is 0.706. The van der Waals surface area contributed by atoms with Gasteiger partial charge in [-0.3, -0.25) is 10.1 Å². The lowest BCUT2D eigenvalue weighted by atomic mass is 10.3. The van der Waals surface area contributed by atoms with Gasteiger partial charge in [0, 0.05) is 6.20 Å². The number of carbonyl (C=O) groups is 1. The number of benzene rings is 1. The zero-order valence-corrected chi connectivity index (χ0v) is 14.3. The fourth-order valence-electron chi connectivity index (χ4n) is 2.00. The Bertz CT molecular complexity index is 831. The van der Waals surface area contributed by atoms with Crippen molar-refractivity contribution >= 4 is 44.4 Å². The molecule has 7 heteroatoms. The summed E-state index contributed by atoms with van der Waals surface area (Å²) in [7, 11) is 1.62. The van der Waals surface area contributed by atoms with Crippen LogP contribution in [0.2, 0.25) is 0 Å². The highest BCUT2D eigenvalue weighted by molar-refractivity contribution is 7.99. The molecule has 3 rings (SSSR count). The number of carbonyl (C=O) groups excluding carboxylic acids is 1. The molecule has 5 nitrogen and oxygen atoms in total. The van der Waals surface area contributed by atoms with Crippen LogP contribution in [-0.4, -0.2) is 28.7 Å². The van der Waals surface area contributed by atoms with Gasteiger partial charge in [0.25, 0.3) is 5.91 Å². The van der Waals surface area contributed by atoms with Crippen LogP contribution >= 0.6 is 23.1 Å². The molecular formula is C16H15N3O2S2. The van der Waals surface area contributed by atoms with Gasteiger partial charge in [0.1, 0.15) is 5.75 Å². The van der Waals surface area contributed by atoms with Crippen LogP contribution in [0.1, 0.15) is 17.3 Å². The highest BCUT2D eigenvalue weighted by atomic mass is 32.2. The second kappa shape index (κ2) is 6.97. The van der Waals surface area contributed by atoms with Crippen LogP contribution < -0.4 is 10.1 Å². The van der Waals surface area contributed by atoms with E-state index in [0.717, 1.165) is 26.7 Å². The van der Waals surface area contributed by atoms with Crippen LogP contribution in [-0.2, 0) is 0 Å². The summed E-state index contributed by atoms with van der Waals surface area (Å²) in [5.74, 6) is 1.51. The third-order valence-electron chi connectivity index (χ3n) is 3.11. The Morgan fingerprint density at radius 2 is 2.22 bits per heavy atom. The number of methoxy groups -OCH3 is 1. The first-order valence-electron chi connectivity index (χ1n) is 7.04. The zero-order chi connectivity index (χ0) is 16.2. The first kappa shape index (κ1) is 15.8. The largest absolute Gasteiger partial charge is 0.497 e. The predicted molar refractivity (Wildman–Crippen MR) is 94.8 cm³/mol. The summed E-state index contributed by atoms with van der Waals surface area (Å²) in [6, 6.07) is 9.25. The number of thiazole rings is 1. The number of aromatic nitrogens is 2. The standard InChI is InChI=1S/C16H15N3O2S2/c1-3-22-14-7-4-10(9-17-14)15(20)19-16-18-12-6-5-11(21-2)8-13(12)23-16/h4-9H,3H2,1-2H3,(H,18,19,20). The van der Waals surface area contributed by atoms with Gasteiger partial charge in [-0.05, 0) is 36.1 Å². The van der Waals surface area contributed by atoms with E-state index >= 15 is 0 Å². The van der Waals surface area contributed by atoms with Gasteiger partial charge < -0.3 is 4.74 Å². The third kappa shape index (κ3) is 3.62. The average Bonchev–Trinajstić information content (AvgIpc) is 2.96. The minimum absolute atomic E-state index is 0.212. The summed E-state index contributed by atoms with van der Waals surface area (Å²) in [6.45, 7) is 2.06. The number of hydrogen-bond acceptors (Lipinski definition) is 6. The summed E-state index contributed by atoms with van der Waals surface area (Å²) < 4.78 is 6.16. The Balaban J connectivity index is 1.76. The predicted octanol–water partition coefficient (Wildman–Crippen LogP) is 4.06. The van der Waals surface area contributed by atoms with E-state index in [2.05, 4.69) is 22.2 Å². The van der Waals surface area contributed by atoms with Gasteiger partial charge in [-0.15, -0.1) is 11.8 Å². The molecule has 23 heavy (non-hydrogen) atoms. The fraction of sp³-hybridized carbons (Fsp3) is 0.188. The minimum Gasteiger partial charge on any atom is -0.497 e. The number of nitrogens with one attached hydrogen (secondary N) is 1. The second-order valence-corrected chi connectivity index (χ2v) is 6.94. The molecule has 3 aromatic rings. The summed E-state index contributed by atoms with van der Waals surface area (Å²) >= 11 is 3.05. The molecule has 0 spiro atoms. The van der Waals surface area contributed by atoms with Gasteiger partial charge >= 0.3 is 0 Å². The molecule has 2 heterocycles. The number of amides is 1. The molecule has 118 valence electrons. The minimum atomic E-state index is -0.212. The smallest absolute Gasteiger partial charge is 0.259 e. The number of thioether (sulfide) groups is 1. The van der Waals surface area contributed by atoms with Crippen molar-refractivity contribution in [3.63, 3.8) is 0 Å². The van der Waals surface area contributed by atoms with Crippen LogP contribution in [0, 0.1) is 0 Å². The fourth-order valence-corrected chi connectivity index (χ4v) is 3.48. The van der Waals surface area contributed by atoms with Crippen molar-refractivity contribution in [2.24, 2.45) is 0 Å². The normalized spacial score (nSPS) is 10.7. The topological polar surface area (TPSA) is 64.1 Å². The molecule has 0 fully saturated rings. The first-order chi connectivity index (χ1) is 11.2. The molecule has 1 N–H and O–H groups in total. The van der Waals surface area contributed by atoms with E-state index < -0.39 is 0 Å². The Hall–Kier alpha value is -2.12. The molecule has 0 aliphatic heterocycles. The van der Waals surface area contributed by atoms with Gasteiger partial charge in [0.15, 0.2) is 5.13 Å². The monoisotopic (exact) mass is 345 g/mol. The molecular weight excluding hydrogens is 330 g/mol. The van der Waals surface area contributed by atoms with E-state index in [1.54, 1.807) is 31.1 Å². The molecule has 0 aliphatic carbocycles. The number of pyridine rings is 1. The Morgan fingerprint density at radius 1 is 1.35 bits per heavy atom. The van der Waals surface area contributed by atoms with Crippen molar-refractivity contribution in [1.82, 2.24) is 9.97 Å². The van der Waals surface area contributed by atoms with Crippen LogP contribution in [0.25, 0.3) is 10.2 Å². The number of rotatable bonds is 5. The van der Waals surface area contributed by atoms with Gasteiger partial charge in [-0.25, -0.2) is 9.97 Å². The third-order valence-corrected chi connectivity index (χ3v) is 4.87. The number of fused-ring (bicyclic) bond motifs is 1. The van der Waals surface area contributed by atoms with Crippen LogP contribution in [0.15, 0.2) is 41.6 Å². The van der Waals surface area contributed by atoms with E-state index in [4.69, 9.17) is 4.74 Å². The molecule has 0 unspecified atom stereocenters. The van der Waals surface area contributed by atoms with Crippen molar-refractivity contribution in [1.29, 1.82) is 0 Å². The molecule has 0 saturated carbocycles. The second-order valence-electron chi connectivity index (χ2n) is 4.62. The number of ether oxygens (including phenoxy) is 1. The van der Waals surface area contributed by atoms with Gasteiger partial charge in [-0.1, -0.05) is 18.3 Å². The van der Waals surface area contributed by atoms with Gasteiger partial charge in [0.2, 0.25) is 0 Å². The van der Waals surface area contributed by atoms with E-state index in [9.17, 15) is 4.79 Å². The molecule has 0 bridgehead atoms. The number of anilines is 1. The summed E-state index contributed by atoms with van der Waals surface area (Å²) in [4.78, 5) is 20.9. The van der Waals surface area contributed by atoms with Gasteiger partial charge in [-0.2, -0.15) is 0 Å². The summed E-state index contributed by atoms with van der Waals surface area (Å²) in [6.07, 6.45) is 1.59. The lowest BCUT2D eigenvalue weighted by Crippen LogP contribution is -2.11. The lowest BCUT2D eigenvalue weighted by Gasteiger charge is -2.02. The summed E-state index contributed by atoms with van der Waals surface area (Å²) in [5, 5.41) is 4.29. The first-order valence-corrected chi connectivity index (χ1v) is 8.84. The molecule has 1 amide bonds. The zero-order valence-electron chi connectivity index (χ0n) is 12.7. The molecule has 0 atom stereocenters. The Kier molecular flexibility index (Phi) is 4.78. The maximum atomic E-state index is 12.3. The van der Waals surface area contributed by atoms with Crippen molar-refractivity contribution in [3.05, 3.63) is 42.1 Å². The van der Waals surface area contributed by atoms with Gasteiger partial charge in [0.05, 0.1) is 27.9 Å². The van der Waals surface area contributed by atoms with E-state index in [-0.39, 0.29) is 5.91 Å². The lowest BCUT2D eigenvalue weighted by molar-refractivity contribution is 0.102. The van der Waals surface area contributed by atoms with E-state index in [0.29, 0.717) is 10.7 Å². The maximum Gasteiger partial charge on any atom is 0.259 e. The highest BCUT2D eigenvalue weighted by Crippen LogP contribution is 2.29. The molecule has 2 aromatic heterocycles. The van der Waals surface area contributed by atoms with Crippen molar-refractivity contribution < 1.29 is 9.53 Å². The molecule has 0 aliphatic rings. The van der Waals surface area contributed by atoms with Crippen LogP contribution in [0.5, 0.6) is 5.75 Å². The number of hydrogen-bond donors (Lipinski definition) is 1. The van der Waals surface area contributed by atoms with Crippen molar-refractivity contribution in [3.8, 4) is 5.75 Å². The van der Waals surface area contributed by atoms with Crippen LogP contribution in [0.3, 0.4) is 0 Å². The Morgan fingerprint density at radius 3 is 2.91 bits per heavy atom. The average molecular weight is 345 g/mol. The van der Waals surface area contributed by atoms with E-state index in [1.165, 1.54) is 11.3 Å². The van der Waals surface area contributed by atoms with Crippen LogP contribution in [0.4, 0.5) is 5.13 Å². The maximum absolute atomic E-state index is 12.3. The Labute approximate surface area is 142 Å². The van der Waals surface area contributed by atoms with Crippen molar-refractivity contribution in [2.45, 2.75) is 11.9 Å². The molecule has 0 saturated heterocycles. The van der Waals surface area contributed by atoms with Crippen molar-refractivity contribution in [2.75, 3.05) is 18.2 Å². The summed E-state index contributed by atoms with van der Waals surface area (Å²) in [5.41, 5.74) is 1.35. The number of nitrogens with zero attached hydrogens (tertiary/aromatic N) is 2. The molecule has 0 radical (unpaired) electrons.